The molecule has 4 rings (SSSR count). The minimum atomic E-state index is -0.345. The zero-order chi connectivity index (χ0) is 20.2. The molecular formula is C25H20O4. The first-order valence-corrected chi connectivity index (χ1v) is 9.21. The van der Waals surface area contributed by atoms with Gasteiger partial charge in [-0.2, -0.15) is 0 Å². The smallest absolute Gasteiger partial charge is 0.344 e. The van der Waals surface area contributed by atoms with E-state index in [1.54, 1.807) is 14.2 Å². The summed E-state index contributed by atoms with van der Waals surface area (Å²) in [6.45, 7) is 0. The molecule has 0 aliphatic carbocycles. The van der Waals surface area contributed by atoms with Crippen LogP contribution in [0.15, 0.2) is 82.0 Å². The molecule has 29 heavy (non-hydrogen) atoms. The summed E-state index contributed by atoms with van der Waals surface area (Å²) in [5.41, 5.74) is 3.49. The molecule has 0 spiro atoms. The molecule has 4 aromatic rings. The van der Waals surface area contributed by atoms with Crippen molar-refractivity contribution in [2.75, 3.05) is 14.2 Å². The molecule has 4 heteroatoms. The van der Waals surface area contributed by atoms with Gasteiger partial charge in [0, 0.05) is 11.5 Å². The highest BCUT2D eigenvalue weighted by atomic mass is 16.5. The second-order valence-electron chi connectivity index (χ2n) is 6.59. The molecule has 0 bridgehead atoms. The lowest BCUT2D eigenvalue weighted by Crippen LogP contribution is -2.02. The van der Waals surface area contributed by atoms with E-state index in [0.29, 0.717) is 11.1 Å². The lowest BCUT2D eigenvalue weighted by atomic mass is 10.0. The van der Waals surface area contributed by atoms with Crippen molar-refractivity contribution < 1.29 is 13.9 Å². The summed E-state index contributed by atoms with van der Waals surface area (Å²) in [6, 6.07) is 22.9. The van der Waals surface area contributed by atoms with Crippen LogP contribution >= 0.6 is 0 Å². The molecule has 0 atom stereocenters. The Balaban J connectivity index is 1.68. The van der Waals surface area contributed by atoms with Crippen LogP contribution in [0.25, 0.3) is 34.2 Å². The Morgan fingerprint density at radius 3 is 2.14 bits per heavy atom. The molecule has 0 saturated heterocycles. The zero-order valence-corrected chi connectivity index (χ0v) is 16.2. The zero-order valence-electron chi connectivity index (χ0n) is 16.2. The van der Waals surface area contributed by atoms with Gasteiger partial charge in [0.2, 0.25) is 0 Å². The van der Waals surface area contributed by atoms with Crippen LogP contribution in [0.5, 0.6) is 11.5 Å². The third kappa shape index (κ3) is 4.06. The van der Waals surface area contributed by atoms with Gasteiger partial charge in [0.15, 0.2) is 0 Å². The fourth-order valence-electron chi connectivity index (χ4n) is 3.17. The normalized spacial score (nSPS) is 11.1. The average Bonchev–Trinajstić information content (AvgIpc) is 2.77. The highest BCUT2D eigenvalue weighted by molar-refractivity contribution is 5.84. The number of hydrogen-bond acceptors (Lipinski definition) is 4. The first kappa shape index (κ1) is 18.6. The van der Waals surface area contributed by atoms with Gasteiger partial charge in [-0.05, 0) is 41.0 Å². The Morgan fingerprint density at radius 2 is 1.45 bits per heavy atom. The average molecular weight is 384 g/mol. The van der Waals surface area contributed by atoms with Crippen LogP contribution in [0.3, 0.4) is 0 Å². The van der Waals surface area contributed by atoms with Crippen LogP contribution in [-0.4, -0.2) is 14.2 Å². The van der Waals surface area contributed by atoms with Gasteiger partial charge in [0.25, 0.3) is 0 Å². The number of rotatable bonds is 5. The van der Waals surface area contributed by atoms with Crippen molar-refractivity contribution >= 4 is 23.1 Å². The van der Waals surface area contributed by atoms with E-state index in [1.807, 2.05) is 84.9 Å². The van der Waals surface area contributed by atoms with Gasteiger partial charge in [-0.15, -0.1) is 0 Å². The van der Waals surface area contributed by atoms with E-state index >= 15 is 0 Å². The molecule has 0 aliphatic rings. The van der Waals surface area contributed by atoms with Crippen molar-refractivity contribution in [3.63, 3.8) is 0 Å². The summed E-state index contributed by atoms with van der Waals surface area (Å²) in [7, 11) is 3.24. The summed E-state index contributed by atoms with van der Waals surface area (Å²) in [6.07, 6.45) is 3.92. The number of benzene rings is 3. The maximum atomic E-state index is 12.5. The van der Waals surface area contributed by atoms with Crippen LogP contribution in [0.4, 0.5) is 0 Å². The van der Waals surface area contributed by atoms with Crippen LogP contribution in [0.2, 0.25) is 0 Å². The Morgan fingerprint density at radius 1 is 0.759 bits per heavy atom. The molecular weight excluding hydrogens is 364 g/mol. The van der Waals surface area contributed by atoms with Crippen LogP contribution in [0, 0.1) is 0 Å². The van der Waals surface area contributed by atoms with E-state index in [0.717, 1.165) is 33.6 Å². The molecule has 1 aromatic heterocycles. The van der Waals surface area contributed by atoms with Gasteiger partial charge in [0.1, 0.15) is 17.1 Å². The first-order valence-electron chi connectivity index (χ1n) is 9.21. The minimum absolute atomic E-state index is 0.345. The van der Waals surface area contributed by atoms with Gasteiger partial charge < -0.3 is 13.9 Å². The van der Waals surface area contributed by atoms with Crippen LogP contribution < -0.4 is 15.1 Å². The molecule has 0 fully saturated rings. The minimum Gasteiger partial charge on any atom is -0.497 e. The molecule has 3 aromatic carbocycles. The van der Waals surface area contributed by atoms with E-state index < -0.39 is 0 Å². The van der Waals surface area contributed by atoms with Gasteiger partial charge >= 0.3 is 5.63 Å². The van der Waals surface area contributed by atoms with E-state index in [1.165, 1.54) is 0 Å². The second kappa shape index (κ2) is 8.07. The van der Waals surface area contributed by atoms with E-state index in [-0.39, 0.29) is 5.63 Å². The van der Waals surface area contributed by atoms with E-state index in [9.17, 15) is 4.79 Å². The Hall–Kier alpha value is -3.79. The number of hydrogen-bond donors (Lipinski definition) is 0. The Bertz CT molecular complexity index is 1210. The van der Waals surface area contributed by atoms with Crippen molar-refractivity contribution in [1.82, 2.24) is 0 Å². The SMILES string of the molecule is COc1cc(/C=C/c2ccc3cc(-c4ccccc4)c(=O)oc3c2)cc(OC)c1. The predicted molar refractivity (Wildman–Crippen MR) is 116 cm³/mol. The first-order chi connectivity index (χ1) is 14.2. The predicted octanol–water partition coefficient (Wildman–Crippen LogP) is 5.65. The Kier molecular flexibility index (Phi) is 5.16. The fourth-order valence-corrected chi connectivity index (χ4v) is 3.17. The van der Waals surface area contributed by atoms with Crippen molar-refractivity contribution in [2.45, 2.75) is 0 Å². The highest BCUT2D eigenvalue weighted by Gasteiger charge is 2.07. The van der Waals surface area contributed by atoms with Gasteiger partial charge in [-0.25, -0.2) is 4.79 Å². The number of fused-ring (bicyclic) bond motifs is 1. The summed E-state index contributed by atoms with van der Waals surface area (Å²) in [5.74, 6) is 1.45. The quantitative estimate of drug-likeness (QED) is 0.330. The van der Waals surface area contributed by atoms with Crippen molar-refractivity contribution in [3.8, 4) is 22.6 Å². The largest absolute Gasteiger partial charge is 0.497 e. The standard InChI is InChI=1S/C25H20O4/c1-27-21-12-18(13-22(16-21)28-2)9-8-17-10-11-20-15-23(19-6-4-3-5-7-19)25(26)29-24(20)14-17/h3-16H,1-2H3/b9-8+. The molecule has 0 saturated carbocycles. The molecule has 0 N–H and O–H groups in total. The Labute approximate surface area is 168 Å². The van der Waals surface area contributed by atoms with Crippen molar-refractivity contribution in [2.24, 2.45) is 0 Å². The molecule has 1 heterocycles. The van der Waals surface area contributed by atoms with E-state index in [4.69, 9.17) is 13.9 Å². The molecule has 0 unspecified atom stereocenters. The van der Waals surface area contributed by atoms with E-state index in [2.05, 4.69) is 0 Å². The van der Waals surface area contributed by atoms with Gasteiger partial charge in [-0.1, -0.05) is 54.6 Å². The lowest BCUT2D eigenvalue weighted by molar-refractivity contribution is 0.394. The fraction of sp³-hybridized carbons (Fsp3) is 0.0800. The van der Waals surface area contributed by atoms with Crippen LogP contribution in [0.1, 0.15) is 11.1 Å². The summed E-state index contributed by atoms with van der Waals surface area (Å²) >= 11 is 0. The summed E-state index contributed by atoms with van der Waals surface area (Å²) < 4.78 is 16.2. The number of methoxy groups -OCH3 is 2. The molecule has 0 radical (unpaired) electrons. The maximum Gasteiger partial charge on any atom is 0.344 e. The second-order valence-corrected chi connectivity index (χ2v) is 6.59. The summed E-state index contributed by atoms with van der Waals surface area (Å²) in [5, 5.41) is 0.878. The third-order valence-corrected chi connectivity index (χ3v) is 4.69. The topological polar surface area (TPSA) is 48.7 Å². The molecule has 144 valence electrons. The van der Waals surface area contributed by atoms with Crippen molar-refractivity contribution in [1.29, 1.82) is 0 Å². The maximum absolute atomic E-state index is 12.5. The molecule has 0 aliphatic heterocycles. The lowest BCUT2D eigenvalue weighted by Gasteiger charge is -2.06. The number of ether oxygens (including phenoxy) is 2. The molecule has 0 amide bonds. The monoisotopic (exact) mass is 384 g/mol. The van der Waals surface area contributed by atoms with Crippen LogP contribution in [-0.2, 0) is 0 Å². The van der Waals surface area contributed by atoms with Gasteiger partial charge in [-0.3, -0.25) is 0 Å². The highest BCUT2D eigenvalue weighted by Crippen LogP contribution is 2.25. The van der Waals surface area contributed by atoms with Gasteiger partial charge in [0.05, 0.1) is 19.8 Å². The van der Waals surface area contributed by atoms with Crippen molar-refractivity contribution in [3.05, 3.63) is 94.3 Å². The molecule has 4 nitrogen and oxygen atoms in total. The summed E-state index contributed by atoms with van der Waals surface area (Å²) in [4.78, 5) is 12.5. The third-order valence-electron chi connectivity index (χ3n) is 4.69.